The highest BCUT2D eigenvalue weighted by molar-refractivity contribution is 7.98. The van der Waals surface area contributed by atoms with Crippen LogP contribution in [0, 0.1) is 12.7 Å². The van der Waals surface area contributed by atoms with Gasteiger partial charge in [-0.2, -0.15) is 18.2 Å². The van der Waals surface area contributed by atoms with Crippen molar-refractivity contribution in [3.63, 3.8) is 0 Å². The molecule has 0 unspecified atom stereocenters. The van der Waals surface area contributed by atoms with Crippen molar-refractivity contribution in [3.05, 3.63) is 116 Å². The standard InChI is InChI=1S/C37H40F4N4O2S/c1-4-43(5-2)19-20-44(22-27-11-18-31(25(3)21-27)28-12-14-29(15-13-28)37(39,40)41)34(46)23-45-33-8-6-7-32(33)35(47)42-36(45)48-24-26-9-16-30(38)17-10-26/h9-18,21H,4-8,19-20,22-24H2,1-3H3/i11D,18D,19D2,20D2,21D,22D2,24D2. The number of halogens is 4. The van der Waals surface area contributed by atoms with E-state index in [1.165, 1.54) is 32.9 Å². The number of nitrogens with zero attached hydrogens (tertiary/aromatic N) is 4. The van der Waals surface area contributed by atoms with Gasteiger partial charge >= 0.3 is 6.18 Å². The number of rotatable bonds is 13. The lowest BCUT2D eigenvalue weighted by Gasteiger charge is -2.28. The van der Waals surface area contributed by atoms with Gasteiger partial charge in [0.25, 0.3) is 5.56 Å². The Bertz CT molecular complexity index is 2280. The van der Waals surface area contributed by atoms with Crippen molar-refractivity contribution in [3.8, 4) is 11.1 Å². The maximum absolute atomic E-state index is 14.9. The summed E-state index contributed by atoms with van der Waals surface area (Å²) < 4.78 is 154. The van der Waals surface area contributed by atoms with E-state index in [-0.39, 0.29) is 69.5 Å². The smallest absolute Gasteiger partial charge is 0.336 e. The summed E-state index contributed by atoms with van der Waals surface area (Å²) in [6.45, 7) is -7.41. The van der Waals surface area contributed by atoms with Crippen molar-refractivity contribution < 1.29 is 37.4 Å². The highest BCUT2D eigenvalue weighted by Gasteiger charge is 2.30. The molecule has 4 aromatic rings. The average Bonchev–Trinajstić information content (AvgIpc) is 3.63. The summed E-state index contributed by atoms with van der Waals surface area (Å²) in [5, 5.41) is -0.376. The molecule has 6 nitrogen and oxygen atoms in total. The molecule has 0 radical (unpaired) electrons. The van der Waals surface area contributed by atoms with Crippen LogP contribution in [0.1, 0.15) is 68.9 Å². The van der Waals surface area contributed by atoms with Crippen LogP contribution in [-0.2, 0) is 42.6 Å². The maximum atomic E-state index is 14.9. The molecule has 1 aromatic heterocycles. The zero-order valence-corrected chi connectivity index (χ0v) is 27.2. The van der Waals surface area contributed by atoms with Gasteiger partial charge in [-0.15, -0.1) is 0 Å². The number of thioether (sulfide) groups is 1. The number of carbonyl (C=O) groups excluding carboxylic acids is 1. The van der Waals surface area contributed by atoms with Gasteiger partial charge in [0.2, 0.25) is 5.91 Å². The molecule has 1 aliphatic carbocycles. The molecule has 1 amide bonds. The molecule has 48 heavy (non-hydrogen) atoms. The lowest BCUT2D eigenvalue weighted by atomic mass is 9.97. The normalized spacial score (nSPS) is 17.4. The van der Waals surface area contributed by atoms with Crippen LogP contribution in [0.4, 0.5) is 17.6 Å². The fourth-order valence-electron chi connectivity index (χ4n) is 5.09. The molecule has 3 aromatic carbocycles. The van der Waals surface area contributed by atoms with Crippen LogP contribution >= 0.6 is 11.8 Å². The molecule has 0 saturated heterocycles. The van der Waals surface area contributed by atoms with Crippen LogP contribution in [0.5, 0.6) is 0 Å². The van der Waals surface area contributed by atoms with Crippen molar-refractivity contribution in [1.82, 2.24) is 19.4 Å². The SMILES string of the molecule is [2H]c1c([2H])c(C([2H])([2H])N(C(=O)Cn2c(SC([2H])([2H])c3ccc(F)cc3)nc(=O)c3c2CCC3)C([2H])([2H])C([2H])([2H])N(CC)CC)c([2H])c(C)c1-c1ccc(C(F)(F)F)cc1. The lowest BCUT2D eigenvalue weighted by Crippen LogP contribution is -2.40. The van der Waals surface area contributed by atoms with E-state index < -0.39 is 84.5 Å². The van der Waals surface area contributed by atoms with E-state index in [2.05, 4.69) is 4.98 Å². The molecule has 1 heterocycles. The average molecular weight is 692 g/mol. The Morgan fingerprint density at radius 1 is 1.02 bits per heavy atom. The molecule has 0 fully saturated rings. The van der Waals surface area contributed by atoms with Crippen LogP contribution in [0.15, 0.2) is 76.6 Å². The van der Waals surface area contributed by atoms with Crippen LogP contribution in [0.2, 0.25) is 0 Å². The molecule has 5 rings (SSSR count). The van der Waals surface area contributed by atoms with E-state index in [0.717, 1.165) is 45.9 Å². The molecule has 0 spiro atoms. The van der Waals surface area contributed by atoms with Gasteiger partial charge in [-0.1, -0.05) is 68.0 Å². The first-order chi connectivity index (χ1) is 27.2. The van der Waals surface area contributed by atoms with Crippen LogP contribution in [0.25, 0.3) is 11.1 Å². The number of fused-ring (bicyclic) bond motifs is 1. The van der Waals surface area contributed by atoms with E-state index in [4.69, 9.17) is 9.60 Å². The summed E-state index contributed by atoms with van der Waals surface area (Å²) in [7, 11) is 0. The molecule has 11 heteroatoms. The van der Waals surface area contributed by atoms with Gasteiger partial charge in [0.05, 0.1) is 15.2 Å². The molecule has 254 valence electrons. The number of likely N-dealkylation sites (N-methyl/N-ethyl adjacent to an activating group) is 1. The Labute approximate surface area is 298 Å². The molecule has 0 atom stereocenters. The van der Waals surface area contributed by atoms with Crippen LogP contribution < -0.4 is 5.56 Å². The van der Waals surface area contributed by atoms with Gasteiger partial charge in [-0.3, -0.25) is 9.59 Å². The minimum absolute atomic E-state index is 0.0131. The first-order valence-electron chi connectivity index (χ1n) is 20.7. The van der Waals surface area contributed by atoms with Crippen molar-refractivity contribution >= 4 is 17.7 Å². The van der Waals surface area contributed by atoms with Crippen molar-refractivity contribution in [2.75, 3.05) is 26.1 Å². The topological polar surface area (TPSA) is 58.4 Å². The summed E-state index contributed by atoms with van der Waals surface area (Å²) in [5.74, 6) is -2.12. The number of alkyl halides is 3. The number of hydrogen-bond acceptors (Lipinski definition) is 5. The monoisotopic (exact) mass is 691 g/mol. The Morgan fingerprint density at radius 2 is 1.73 bits per heavy atom. The van der Waals surface area contributed by atoms with E-state index >= 15 is 0 Å². The predicted octanol–water partition coefficient (Wildman–Crippen LogP) is 7.53. The first kappa shape index (κ1) is 23.4. The van der Waals surface area contributed by atoms with Gasteiger partial charge in [0, 0.05) is 41.9 Å². The summed E-state index contributed by atoms with van der Waals surface area (Å²) >= 11 is 0.380. The largest absolute Gasteiger partial charge is 0.416 e. The molecule has 0 bridgehead atoms. The van der Waals surface area contributed by atoms with Gasteiger partial charge in [0.1, 0.15) is 12.4 Å². The zero-order valence-electron chi connectivity index (χ0n) is 37.4. The molecular formula is C37H40F4N4O2S. The summed E-state index contributed by atoms with van der Waals surface area (Å²) in [4.78, 5) is 33.0. The fourth-order valence-corrected chi connectivity index (χ4v) is 5.85. The van der Waals surface area contributed by atoms with Gasteiger partial charge in [0.15, 0.2) is 5.16 Å². The molecule has 0 N–H and O–H groups in total. The number of carbonyl (C=O) groups is 1. The minimum atomic E-state index is -4.69. The molecule has 0 aliphatic heterocycles. The highest BCUT2D eigenvalue weighted by atomic mass is 32.2. The Kier molecular flexibility index (Phi) is 7.56. The quantitative estimate of drug-likeness (QED) is 0.0825. The van der Waals surface area contributed by atoms with E-state index in [1.54, 1.807) is 0 Å². The predicted molar refractivity (Wildman–Crippen MR) is 181 cm³/mol. The van der Waals surface area contributed by atoms with Crippen molar-refractivity contribution in [2.45, 2.75) is 70.1 Å². The number of amides is 1. The third kappa shape index (κ3) is 8.54. The molecular weight excluding hydrogens is 640 g/mol. The van der Waals surface area contributed by atoms with Gasteiger partial charge < -0.3 is 14.4 Å². The highest BCUT2D eigenvalue weighted by Crippen LogP contribution is 2.32. The van der Waals surface area contributed by atoms with Crippen LogP contribution in [0.3, 0.4) is 0 Å². The fraction of sp³-hybridized carbons (Fsp3) is 0.378. The minimum Gasteiger partial charge on any atom is -0.336 e. The third-order valence-electron chi connectivity index (χ3n) is 7.66. The first-order valence-corrected chi connectivity index (χ1v) is 16.0. The summed E-state index contributed by atoms with van der Waals surface area (Å²) in [6.07, 6.45) is -3.88. The number of benzene rings is 3. The second kappa shape index (κ2) is 15.5. The Balaban J connectivity index is 1.72. The molecule has 1 aliphatic rings. The van der Waals surface area contributed by atoms with Crippen molar-refractivity contribution in [2.24, 2.45) is 0 Å². The zero-order chi connectivity index (χ0) is 44.2. The van der Waals surface area contributed by atoms with Gasteiger partial charge in [-0.05, 0) is 91.4 Å². The van der Waals surface area contributed by atoms with Gasteiger partial charge in [-0.25, -0.2) is 4.39 Å². The van der Waals surface area contributed by atoms with E-state index in [1.807, 2.05) is 0 Å². The maximum Gasteiger partial charge on any atom is 0.416 e. The third-order valence-corrected chi connectivity index (χ3v) is 8.49. The second-order valence-corrected chi connectivity index (χ2v) is 11.6. The Morgan fingerprint density at radius 3 is 2.40 bits per heavy atom. The Hall–Kier alpha value is -3.96. The van der Waals surface area contributed by atoms with E-state index in [9.17, 15) is 32.6 Å². The number of aromatic nitrogens is 2. The number of hydrogen-bond donors (Lipinski definition) is 0. The summed E-state index contributed by atoms with van der Waals surface area (Å²) in [5.41, 5.74) is -5.18. The lowest BCUT2D eigenvalue weighted by molar-refractivity contribution is -0.137. The van der Waals surface area contributed by atoms with Crippen LogP contribution in [-0.4, -0.2) is 51.3 Å². The second-order valence-electron chi connectivity index (χ2n) is 10.8. The van der Waals surface area contributed by atoms with Crippen molar-refractivity contribution in [1.29, 1.82) is 0 Å². The van der Waals surface area contributed by atoms with E-state index in [0.29, 0.717) is 18.2 Å². The molecule has 0 saturated carbocycles. The summed E-state index contributed by atoms with van der Waals surface area (Å²) in [6, 6.07) is 5.31.